The largest absolute Gasteiger partial charge is 0.331 e. The number of anilines is 2. The first-order valence-electron chi connectivity index (χ1n) is 7.61. The van der Waals surface area contributed by atoms with Crippen LogP contribution in [-0.2, 0) is 6.54 Å². The molecule has 0 spiro atoms. The molecule has 0 aliphatic carbocycles. The number of halogens is 2. The Balaban J connectivity index is 1.61. The molecule has 4 nitrogen and oxygen atoms in total. The molecule has 2 aromatic carbocycles. The van der Waals surface area contributed by atoms with Gasteiger partial charge in [0.15, 0.2) is 5.11 Å². The standard InChI is InChI=1S/C18H16Cl2N4S/c1-12-3-2-4-13(7-12)10-24-11-15(9-21-24)22-18(25)23-17-6-5-14(19)8-16(17)20/h2-9,11H,10H2,1H3,(H2,22,23,25). The Morgan fingerprint density at radius 3 is 2.76 bits per heavy atom. The van der Waals surface area contributed by atoms with E-state index in [0.29, 0.717) is 27.4 Å². The molecule has 1 aromatic heterocycles. The molecule has 0 aliphatic heterocycles. The smallest absolute Gasteiger partial charge is 0.175 e. The van der Waals surface area contributed by atoms with Gasteiger partial charge in [0.2, 0.25) is 0 Å². The van der Waals surface area contributed by atoms with Crippen molar-refractivity contribution in [2.24, 2.45) is 0 Å². The second-order valence-corrected chi connectivity index (χ2v) is 6.87. The van der Waals surface area contributed by atoms with Crippen LogP contribution in [0, 0.1) is 6.92 Å². The number of thiocarbonyl (C=S) groups is 1. The van der Waals surface area contributed by atoms with Gasteiger partial charge in [-0.3, -0.25) is 4.68 Å². The van der Waals surface area contributed by atoms with Crippen molar-refractivity contribution in [1.29, 1.82) is 0 Å². The highest BCUT2D eigenvalue weighted by molar-refractivity contribution is 7.80. The van der Waals surface area contributed by atoms with Crippen molar-refractivity contribution in [3.05, 3.63) is 76.0 Å². The van der Waals surface area contributed by atoms with Crippen molar-refractivity contribution in [1.82, 2.24) is 9.78 Å². The van der Waals surface area contributed by atoms with Crippen LogP contribution in [0.15, 0.2) is 54.9 Å². The lowest BCUT2D eigenvalue weighted by Gasteiger charge is -2.10. The molecule has 3 rings (SSSR count). The number of benzene rings is 2. The molecule has 0 radical (unpaired) electrons. The topological polar surface area (TPSA) is 41.9 Å². The number of aryl methyl sites for hydroxylation is 1. The van der Waals surface area contributed by atoms with Crippen LogP contribution in [0.2, 0.25) is 10.0 Å². The highest BCUT2D eigenvalue weighted by atomic mass is 35.5. The van der Waals surface area contributed by atoms with Crippen molar-refractivity contribution in [3.63, 3.8) is 0 Å². The minimum atomic E-state index is 0.430. The van der Waals surface area contributed by atoms with Gasteiger partial charge >= 0.3 is 0 Å². The molecule has 7 heteroatoms. The van der Waals surface area contributed by atoms with E-state index in [4.69, 9.17) is 35.4 Å². The number of nitrogens with zero attached hydrogens (tertiary/aromatic N) is 2. The molecule has 3 aromatic rings. The van der Waals surface area contributed by atoms with Gasteiger partial charge in [0.25, 0.3) is 0 Å². The maximum Gasteiger partial charge on any atom is 0.175 e. The minimum Gasteiger partial charge on any atom is -0.331 e. The average Bonchev–Trinajstić information content (AvgIpc) is 2.97. The summed E-state index contributed by atoms with van der Waals surface area (Å²) >= 11 is 17.3. The van der Waals surface area contributed by atoms with Gasteiger partial charge in [0, 0.05) is 11.2 Å². The van der Waals surface area contributed by atoms with E-state index in [1.54, 1.807) is 24.4 Å². The van der Waals surface area contributed by atoms with E-state index >= 15 is 0 Å². The Morgan fingerprint density at radius 2 is 2.00 bits per heavy atom. The van der Waals surface area contributed by atoms with E-state index in [0.717, 1.165) is 5.69 Å². The molecular weight excluding hydrogens is 375 g/mol. The minimum absolute atomic E-state index is 0.430. The number of rotatable bonds is 4. The Kier molecular flexibility index (Phi) is 5.58. The summed E-state index contributed by atoms with van der Waals surface area (Å²) in [4.78, 5) is 0. The van der Waals surface area contributed by atoms with Crippen LogP contribution in [0.25, 0.3) is 0 Å². The molecule has 0 amide bonds. The summed E-state index contributed by atoms with van der Waals surface area (Å²) in [7, 11) is 0. The summed E-state index contributed by atoms with van der Waals surface area (Å²) in [6.07, 6.45) is 3.63. The van der Waals surface area contributed by atoms with Gasteiger partial charge in [-0.15, -0.1) is 0 Å². The van der Waals surface area contributed by atoms with Crippen molar-refractivity contribution >= 4 is 51.9 Å². The van der Waals surface area contributed by atoms with Crippen LogP contribution < -0.4 is 10.6 Å². The first kappa shape index (κ1) is 17.7. The third kappa shape index (κ3) is 4.95. The maximum absolute atomic E-state index is 6.13. The van der Waals surface area contributed by atoms with Crippen molar-refractivity contribution in [2.45, 2.75) is 13.5 Å². The van der Waals surface area contributed by atoms with E-state index in [2.05, 4.69) is 40.9 Å². The lowest BCUT2D eigenvalue weighted by molar-refractivity contribution is 0.686. The molecule has 0 aliphatic rings. The van der Waals surface area contributed by atoms with Gasteiger partial charge in [-0.1, -0.05) is 53.0 Å². The molecular formula is C18H16Cl2N4S. The summed E-state index contributed by atoms with van der Waals surface area (Å²) in [6.45, 7) is 2.78. The first-order valence-corrected chi connectivity index (χ1v) is 8.77. The summed E-state index contributed by atoms with van der Waals surface area (Å²) in [5.41, 5.74) is 3.92. The van der Waals surface area contributed by atoms with Crippen LogP contribution in [0.5, 0.6) is 0 Å². The Hall–Kier alpha value is -2.08. The molecule has 0 unspecified atom stereocenters. The Labute approximate surface area is 161 Å². The predicted molar refractivity (Wildman–Crippen MR) is 109 cm³/mol. The lowest BCUT2D eigenvalue weighted by atomic mass is 10.1. The van der Waals surface area contributed by atoms with Crippen molar-refractivity contribution < 1.29 is 0 Å². The van der Waals surface area contributed by atoms with Crippen molar-refractivity contribution in [2.75, 3.05) is 10.6 Å². The van der Waals surface area contributed by atoms with E-state index in [9.17, 15) is 0 Å². The Bertz CT molecular complexity index is 908. The lowest BCUT2D eigenvalue weighted by Crippen LogP contribution is -2.19. The summed E-state index contributed by atoms with van der Waals surface area (Å²) < 4.78 is 1.86. The van der Waals surface area contributed by atoms with Gasteiger partial charge in [0.1, 0.15) is 0 Å². The van der Waals surface area contributed by atoms with Gasteiger partial charge in [-0.05, 0) is 42.9 Å². The van der Waals surface area contributed by atoms with Crippen LogP contribution >= 0.6 is 35.4 Å². The summed E-state index contributed by atoms with van der Waals surface area (Å²) in [6, 6.07) is 13.5. The molecule has 0 bridgehead atoms. The fraction of sp³-hybridized carbons (Fsp3) is 0.111. The third-order valence-corrected chi connectivity index (χ3v) is 4.25. The van der Waals surface area contributed by atoms with E-state index in [1.807, 2.05) is 16.9 Å². The first-order chi connectivity index (χ1) is 12.0. The van der Waals surface area contributed by atoms with Crippen LogP contribution in [0.1, 0.15) is 11.1 Å². The summed E-state index contributed by atoms with van der Waals surface area (Å²) in [5, 5.41) is 12.0. The fourth-order valence-electron chi connectivity index (χ4n) is 2.39. The fourth-order valence-corrected chi connectivity index (χ4v) is 3.07. The highest BCUT2D eigenvalue weighted by Crippen LogP contribution is 2.25. The summed E-state index contributed by atoms with van der Waals surface area (Å²) in [5.74, 6) is 0. The molecule has 2 N–H and O–H groups in total. The SMILES string of the molecule is Cc1cccc(Cn2cc(NC(=S)Nc3ccc(Cl)cc3Cl)cn2)c1. The predicted octanol–water partition coefficient (Wildman–Crippen LogP) is 5.36. The van der Waals surface area contributed by atoms with Gasteiger partial charge in [-0.25, -0.2) is 0 Å². The monoisotopic (exact) mass is 390 g/mol. The van der Waals surface area contributed by atoms with E-state index in [-0.39, 0.29) is 0 Å². The molecule has 1 heterocycles. The quantitative estimate of drug-likeness (QED) is 0.588. The molecule has 0 atom stereocenters. The molecule has 0 fully saturated rings. The second-order valence-electron chi connectivity index (χ2n) is 5.62. The number of aromatic nitrogens is 2. The maximum atomic E-state index is 6.13. The highest BCUT2D eigenvalue weighted by Gasteiger charge is 2.06. The number of nitrogens with one attached hydrogen (secondary N) is 2. The van der Waals surface area contributed by atoms with Crippen LogP contribution in [0.3, 0.4) is 0 Å². The molecule has 0 saturated heterocycles. The number of hydrogen-bond acceptors (Lipinski definition) is 2. The second kappa shape index (κ2) is 7.87. The third-order valence-electron chi connectivity index (χ3n) is 3.50. The molecule has 0 saturated carbocycles. The Morgan fingerprint density at radius 1 is 1.16 bits per heavy atom. The van der Waals surface area contributed by atoms with E-state index in [1.165, 1.54) is 11.1 Å². The van der Waals surface area contributed by atoms with Gasteiger partial charge < -0.3 is 10.6 Å². The van der Waals surface area contributed by atoms with Crippen LogP contribution in [0.4, 0.5) is 11.4 Å². The zero-order valence-corrected chi connectivity index (χ0v) is 15.8. The normalized spacial score (nSPS) is 10.5. The zero-order valence-electron chi connectivity index (χ0n) is 13.5. The van der Waals surface area contributed by atoms with Gasteiger partial charge in [-0.2, -0.15) is 5.10 Å². The molecule has 128 valence electrons. The molecule has 25 heavy (non-hydrogen) atoms. The van der Waals surface area contributed by atoms with Gasteiger partial charge in [0.05, 0.1) is 29.1 Å². The number of hydrogen-bond donors (Lipinski definition) is 2. The van der Waals surface area contributed by atoms with Crippen LogP contribution in [-0.4, -0.2) is 14.9 Å². The average molecular weight is 391 g/mol. The van der Waals surface area contributed by atoms with Crippen molar-refractivity contribution in [3.8, 4) is 0 Å². The zero-order chi connectivity index (χ0) is 17.8. The van der Waals surface area contributed by atoms with E-state index < -0.39 is 0 Å².